The van der Waals surface area contributed by atoms with Crippen LogP contribution < -0.4 is 10.1 Å². The van der Waals surface area contributed by atoms with Gasteiger partial charge in [-0.2, -0.15) is 13.2 Å². The molecule has 0 saturated carbocycles. The lowest BCUT2D eigenvalue weighted by Gasteiger charge is -2.14. The molecule has 21 heavy (non-hydrogen) atoms. The van der Waals surface area contributed by atoms with Gasteiger partial charge in [0.1, 0.15) is 12.4 Å². The van der Waals surface area contributed by atoms with Crippen molar-refractivity contribution in [2.24, 2.45) is 0 Å². The molecule has 1 rings (SSSR count). The summed E-state index contributed by atoms with van der Waals surface area (Å²) >= 11 is 0. The minimum atomic E-state index is -4.27. The van der Waals surface area contributed by atoms with Crippen LogP contribution in [0.4, 0.5) is 13.2 Å². The first-order valence-electron chi connectivity index (χ1n) is 6.85. The molecule has 120 valence electrons. The summed E-state index contributed by atoms with van der Waals surface area (Å²) in [5.74, 6) is 0.797. The van der Waals surface area contributed by atoms with E-state index >= 15 is 0 Å². The molecule has 0 aliphatic carbocycles. The predicted molar refractivity (Wildman–Crippen MR) is 75.7 cm³/mol. The van der Waals surface area contributed by atoms with Gasteiger partial charge in [-0.3, -0.25) is 0 Å². The molecule has 0 heterocycles. The molecule has 1 aromatic rings. The van der Waals surface area contributed by atoms with Crippen LogP contribution >= 0.6 is 0 Å². The summed E-state index contributed by atoms with van der Waals surface area (Å²) in [6, 6.07) is 4.08. The van der Waals surface area contributed by atoms with Crippen LogP contribution in [-0.2, 0) is 11.3 Å². The molecule has 0 amide bonds. The van der Waals surface area contributed by atoms with Crippen LogP contribution in [-0.4, -0.2) is 33.0 Å². The zero-order valence-corrected chi connectivity index (χ0v) is 12.6. The first-order chi connectivity index (χ1) is 9.83. The van der Waals surface area contributed by atoms with Crippen molar-refractivity contribution in [3.8, 4) is 5.75 Å². The van der Waals surface area contributed by atoms with E-state index < -0.39 is 12.8 Å². The quantitative estimate of drug-likeness (QED) is 0.747. The fourth-order valence-corrected chi connectivity index (χ4v) is 2.10. The Labute approximate surface area is 123 Å². The van der Waals surface area contributed by atoms with Crippen LogP contribution in [0.2, 0.25) is 0 Å². The van der Waals surface area contributed by atoms with Gasteiger partial charge < -0.3 is 14.8 Å². The largest absolute Gasteiger partial charge is 0.493 e. The Bertz CT molecular complexity index is 424. The SMILES string of the molecule is CNCc1cc(C)c(OCCCOCC(F)(F)F)c(C)c1. The fraction of sp³-hybridized carbons (Fsp3) is 0.600. The summed E-state index contributed by atoms with van der Waals surface area (Å²) in [7, 11) is 1.88. The highest BCUT2D eigenvalue weighted by molar-refractivity contribution is 5.43. The number of aryl methyl sites for hydroxylation is 2. The van der Waals surface area contributed by atoms with Gasteiger partial charge in [0.25, 0.3) is 0 Å². The second kappa shape index (κ2) is 8.24. The third-order valence-corrected chi connectivity index (χ3v) is 2.85. The molecule has 1 N–H and O–H groups in total. The van der Waals surface area contributed by atoms with Crippen molar-refractivity contribution >= 4 is 0 Å². The molecule has 0 saturated heterocycles. The highest BCUT2D eigenvalue weighted by atomic mass is 19.4. The lowest BCUT2D eigenvalue weighted by atomic mass is 10.1. The van der Waals surface area contributed by atoms with Crippen molar-refractivity contribution < 1.29 is 22.6 Å². The molecule has 0 aliphatic rings. The first-order valence-corrected chi connectivity index (χ1v) is 6.85. The monoisotopic (exact) mass is 305 g/mol. The predicted octanol–water partition coefficient (Wildman–Crippen LogP) is 3.37. The Hall–Kier alpha value is -1.27. The lowest BCUT2D eigenvalue weighted by Crippen LogP contribution is -2.18. The highest BCUT2D eigenvalue weighted by Crippen LogP contribution is 2.25. The Morgan fingerprint density at radius 3 is 2.24 bits per heavy atom. The summed E-state index contributed by atoms with van der Waals surface area (Å²) in [5, 5.41) is 3.09. The molecule has 0 spiro atoms. The van der Waals surface area contributed by atoms with E-state index in [9.17, 15) is 13.2 Å². The number of alkyl halides is 3. The van der Waals surface area contributed by atoms with E-state index in [2.05, 4.69) is 10.1 Å². The molecule has 0 aliphatic heterocycles. The van der Waals surface area contributed by atoms with Crippen molar-refractivity contribution in [2.75, 3.05) is 26.9 Å². The summed E-state index contributed by atoms with van der Waals surface area (Å²) in [6.45, 7) is 3.88. The second-order valence-electron chi connectivity index (χ2n) is 4.96. The molecule has 0 aromatic heterocycles. The average molecular weight is 305 g/mol. The maximum atomic E-state index is 11.9. The Kier molecular flexibility index (Phi) is 6.98. The highest BCUT2D eigenvalue weighted by Gasteiger charge is 2.27. The summed E-state index contributed by atoms with van der Waals surface area (Å²) in [4.78, 5) is 0. The molecule has 0 radical (unpaired) electrons. The van der Waals surface area contributed by atoms with E-state index in [1.165, 1.54) is 5.56 Å². The molecule has 0 atom stereocenters. The van der Waals surface area contributed by atoms with E-state index in [-0.39, 0.29) is 6.61 Å². The van der Waals surface area contributed by atoms with Crippen LogP contribution in [0.5, 0.6) is 5.75 Å². The molecule has 3 nitrogen and oxygen atoms in total. The van der Waals surface area contributed by atoms with Crippen molar-refractivity contribution in [3.05, 3.63) is 28.8 Å². The van der Waals surface area contributed by atoms with Gasteiger partial charge >= 0.3 is 6.18 Å². The van der Waals surface area contributed by atoms with Gasteiger partial charge in [-0.05, 0) is 37.6 Å². The van der Waals surface area contributed by atoms with Crippen molar-refractivity contribution in [2.45, 2.75) is 33.0 Å². The van der Waals surface area contributed by atoms with Gasteiger partial charge in [-0.25, -0.2) is 0 Å². The smallest absolute Gasteiger partial charge is 0.411 e. The van der Waals surface area contributed by atoms with E-state index in [1.54, 1.807) is 0 Å². The van der Waals surface area contributed by atoms with Crippen molar-refractivity contribution in [1.29, 1.82) is 0 Å². The maximum Gasteiger partial charge on any atom is 0.411 e. The van der Waals surface area contributed by atoms with Crippen LogP contribution in [0.1, 0.15) is 23.1 Å². The maximum absolute atomic E-state index is 11.9. The van der Waals surface area contributed by atoms with E-state index in [0.29, 0.717) is 13.0 Å². The number of rotatable bonds is 8. The van der Waals surface area contributed by atoms with Crippen LogP contribution in [0.3, 0.4) is 0 Å². The third kappa shape index (κ3) is 6.82. The van der Waals surface area contributed by atoms with E-state index in [0.717, 1.165) is 23.4 Å². The zero-order valence-electron chi connectivity index (χ0n) is 12.6. The third-order valence-electron chi connectivity index (χ3n) is 2.85. The average Bonchev–Trinajstić information content (AvgIpc) is 2.35. The van der Waals surface area contributed by atoms with Gasteiger partial charge in [-0.1, -0.05) is 12.1 Å². The minimum absolute atomic E-state index is 0.0371. The summed E-state index contributed by atoms with van der Waals surface area (Å²) in [6.07, 6.45) is -3.84. The number of hydrogen-bond donors (Lipinski definition) is 1. The second-order valence-corrected chi connectivity index (χ2v) is 4.96. The van der Waals surface area contributed by atoms with Gasteiger partial charge in [0.05, 0.1) is 13.2 Å². The minimum Gasteiger partial charge on any atom is -0.493 e. The van der Waals surface area contributed by atoms with E-state index in [4.69, 9.17) is 4.74 Å². The topological polar surface area (TPSA) is 30.5 Å². The van der Waals surface area contributed by atoms with Gasteiger partial charge in [-0.15, -0.1) is 0 Å². The van der Waals surface area contributed by atoms with Gasteiger partial charge in [0.2, 0.25) is 0 Å². The molecule has 0 unspecified atom stereocenters. The number of ether oxygens (including phenoxy) is 2. The number of halogens is 3. The molecular weight excluding hydrogens is 283 g/mol. The Balaban J connectivity index is 2.38. The summed E-state index contributed by atoms with van der Waals surface area (Å²) < 4.78 is 45.8. The van der Waals surface area contributed by atoms with Crippen LogP contribution in [0.25, 0.3) is 0 Å². The first kappa shape index (κ1) is 17.8. The summed E-state index contributed by atoms with van der Waals surface area (Å²) in [5.41, 5.74) is 3.22. The molecule has 1 aromatic carbocycles. The fourth-order valence-electron chi connectivity index (χ4n) is 2.10. The molecule has 0 fully saturated rings. The number of benzene rings is 1. The molecule has 6 heteroatoms. The lowest BCUT2D eigenvalue weighted by molar-refractivity contribution is -0.174. The zero-order chi connectivity index (χ0) is 15.9. The van der Waals surface area contributed by atoms with Gasteiger partial charge in [0.15, 0.2) is 0 Å². The van der Waals surface area contributed by atoms with Crippen LogP contribution in [0.15, 0.2) is 12.1 Å². The number of hydrogen-bond acceptors (Lipinski definition) is 3. The van der Waals surface area contributed by atoms with Crippen molar-refractivity contribution in [1.82, 2.24) is 5.32 Å². The standard InChI is InChI=1S/C15H22F3NO2/c1-11-7-13(9-19-3)8-12(2)14(11)21-6-4-5-20-10-15(16,17)18/h7-8,19H,4-6,9-10H2,1-3H3. The normalized spacial score (nSPS) is 11.7. The molecule has 0 bridgehead atoms. The van der Waals surface area contributed by atoms with Crippen molar-refractivity contribution in [3.63, 3.8) is 0 Å². The molecular formula is C15H22F3NO2. The van der Waals surface area contributed by atoms with Gasteiger partial charge in [0, 0.05) is 13.0 Å². The number of nitrogens with one attached hydrogen (secondary N) is 1. The Morgan fingerprint density at radius 1 is 1.10 bits per heavy atom. The Morgan fingerprint density at radius 2 is 1.71 bits per heavy atom. The van der Waals surface area contributed by atoms with Crippen LogP contribution in [0, 0.1) is 13.8 Å². The van der Waals surface area contributed by atoms with E-state index in [1.807, 2.05) is 33.0 Å².